The lowest BCUT2D eigenvalue weighted by Crippen LogP contribution is -2.53. The molecule has 0 amide bonds. The van der Waals surface area contributed by atoms with Crippen LogP contribution in [-0.2, 0) is 0 Å². The summed E-state index contributed by atoms with van der Waals surface area (Å²) in [7, 11) is 0. The molecule has 0 radical (unpaired) electrons. The van der Waals surface area contributed by atoms with Crippen LogP contribution in [0.25, 0.3) is 38.6 Å². The number of pyridine rings is 1. The van der Waals surface area contributed by atoms with Gasteiger partial charge in [-0.3, -0.25) is 4.98 Å². The summed E-state index contributed by atoms with van der Waals surface area (Å²) in [5, 5.41) is 10.7. The van der Waals surface area contributed by atoms with Crippen molar-refractivity contribution in [3.63, 3.8) is 0 Å². The van der Waals surface area contributed by atoms with Gasteiger partial charge < -0.3 is 15.5 Å². The van der Waals surface area contributed by atoms with Crippen LogP contribution < -0.4 is 16.7 Å². The highest BCUT2D eigenvalue weighted by molar-refractivity contribution is 5.98. The highest BCUT2D eigenvalue weighted by Gasteiger charge is 2.35. The zero-order chi connectivity index (χ0) is 28.4. The van der Waals surface area contributed by atoms with Crippen LogP contribution in [0.3, 0.4) is 0 Å². The molecule has 5 heterocycles. The number of aryl methyl sites for hydroxylation is 1. The molecule has 40 heavy (non-hydrogen) atoms. The van der Waals surface area contributed by atoms with Gasteiger partial charge in [-0.15, -0.1) is 0 Å². The maximum Gasteiger partial charge on any atom is 0.343 e. The van der Waals surface area contributed by atoms with Crippen molar-refractivity contribution in [2.45, 2.75) is 65.1 Å². The monoisotopic (exact) mass is 535 g/mol. The van der Waals surface area contributed by atoms with Gasteiger partial charge in [-0.2, -0.15) is 5.10 Å². The van der Waals surface area contributed by atoms with Gasteiger partial charge in [0.2, 0.25) is 0 Å². The Hall–Kier alpha value is -4.37. The number of nitrogens with two attached hydrogens (primary N) is 1. The molecule has 3 N–H and O–H groups in total. The van der Waals surface area contributed by atoms with E-state index in [1.807, 2.05) is 44.2 Å². The molecule has 0 fully saturated rings. The molecule has 5 aromatic rings. The van der Waals surface area contributed by atoms with E-state index in [0.29, 0.717) is 33.7 Å². The van der Waals surface area contributed by atoms with E-state index < -0.39 is 6.04 Å². The van der Waals surface area contributed by atoms with Gasteiger partial charge in [0.1, 0.15) is 29.6 Å². The van der Waals surface area contributed by atoms with Crippen molar-refractivity contribution in [3.05, 3.63) is 82.4 Å². The SMILES string of the molecule is Cc1cncc(-c2nn(C(C)c3oc(=O)c4ccccc4c3C3=CC(C)(C)NC(C)(C)C3)c3ncnc(N)c23)c1. The Morgan fingerprint density at radius 3 is 2.58 bits per heavy atom. The number of hydrogen-bond donors (Lipinski definition) is 2. The van der Waals surface area contributed by atoms with Crippen molar-refractivity contribution in [2.24, 2.45) is 0 Å². The van der Waals surface area contributed by atoms with Gasteiger partial charge in [-0.1, -0.05) is 24.3 Å². The molecule has 1 atom stereocenters. The minimum absolute atomic E-state index is 0.170. The van der Waals surface area contributed by atoms with Crippen molar-refractivity contribution >= 4 is 33.2 Å². The summed E-state index contributed by atoms with van der Waals surface area (Å²) < 4.78 is 7.95. The van der Waals surface area contributed by atoms with Crippen LogP contribution in [0.15, 0.2) is 64.3 Å². The number of benzene rings is 1. The second-order valence-corrected chi connectivity index (χ2v) is 11.9. The second-order valence-electron chi connectivity index (χ2n) is 11.9. The van der Waals surface area contributed by atoms with E-state index in [9.17, 15) is 4.79 Å². The Balaban J connectivity index is 1.64. The molecular weight excluding hydrogens is 502 g/mol. The number of nitrogens with zero attached hydrogens (tertiary/aromatic N) is 5. The fraction of sp³-hybridized carbons (Fsp3) is 0.323. The van der Waals surface area contributed by atoms with Gasteiger partial charge in [0, 0.05) is 34.6 Å². The number of anilines is 1. The Morgan fingerprint density at radius 2 is 1.85 bits per heavy atom. The zero-order valence-electron chi connectivity index (χ0n) is 23.6. The lowest BCUT2D eigenvalue weighted by Gasteiger charge is -2.41. The van der Waals surface area contributed by atoms with Crippen molar-refractivity contribution < 1.29 is 4.42 Å². The van der Waals surface area contributed by atoms with Crippen LogP contribution >= 0.6 is 0 Å². The third-order valence-corrected chi connectivity index (χ3v) is 7.43. The van der Waals surface area contributed by atoms with Crippen LogP contribution in [0.4, 0.5) is 5.82 Å². The summed E-state index contributed by atoms with van der Waals surface area (Å²) in [5.41, 5.74) is 10.6. The van der Waals surface area contributed by atoms with Crippen LogP contribution in [0.5, 0.6) is 0 Å². The minimum atomic E-state index is -0.488. The van der Waals surface area contributed by atoms with E-state index >= 15 is 0 Å². The Labute approximate surface area is 232 Å². The summed E-state index contributed by atoms with van der Waals surface area (Å²) in [6.07, 6.45) is 7.96. The molecule has 0 saturated heterocycles. The first-order valence-corrected chi connectivity index (χ1v) is 13.4. The predicted octanol–water partition coefficient (Wildman–Crippen LogP) is 5.43. The van der Waals surface area contributed by atoms with Gasteiger partial charge in [0.15, 0.2) is 5.65 Å². The van der Waals surface area contributed by atoms with Gasteiger partial charge in [0.25, 0.3) is 0 Å². The predicted molar refractivity (Wildman–Crippen MR) is 158 cm³/mol. The first kappa shape index (κ1) is 25.9. The molecule has 0 spiro atoms. The van der Waals surface area contributed by atoms with Gasteiger partial charge in [-0.25, -0.2) is 19.4 Å². The number of aromatic nitrogens is 5. The quantitative estimate of drug-likeness (QED) is 0.312. The smallest absolute Gasteiger partial charge is 0.343 e. The number of rotatable bonds is 4. The lowest BCUT2D eigenvalue weighted by molar-refractivity contribution is 0.296. The van der Waals surface area contributed by atoms with Crippen molar-refractivity contribution in [1.82, 2.24) is 30.0 Å². The van der Waals surface area contributed by atoms with E-state index in [4.69, 9.17) is 15.2 Å². The molecule has 0 aliphatic carbocycles. The second kappa shape index (κ2) is 9.09. The molecule has 1 unspecified atom stereocenters. The average Bonchev–Trinajstić information content (AvgIpc) is 3.27. The van der Waals surface area contributed by atoms with E-state index in [2.05, 4.69) is 54.0 Å². The summed E-state index contributed by atoms with van der Waals surface area (Å²) in [4.78, 5) is 26.5. The molecule has 0 saturated carbocycles. The largest absolute Gasteiger partial charge is 0.424 e. The topological polar surface area (TPSA) is 125 Å². The molecular formula is C31H33N7O2. The standard InChI is InChI=1S/C31H33N7O2/c1-17-11-19(15-33-14-17)25-24-27(32)34-16-35-28(24)38(36-25)18(2)26-23(20-12-30(3,4)37-31(5,6)13-20)21-9-7-8-10-22(21)29(39)40-26/h7-12,14-16,18,37H,13H2,1-6H3,(H2,32,34,35). The fourth-order valence-corrected chi connectivity index (χ4v) is 6.18. The molecule has 204 valence electrons. The maximum atomic E-state index is 13.3. The first-order chi connectivity index (χ1) is 18.9. The summed E-state index contributed by atoms with van der Waals surface area (Å²) in [6.45, 7) is 12.6. The average molecular weight is 536 g/mol. The first-order valence-electron chi connectivity index (χ1n) is 13.4. The molecule has 1 aromatic carbocycles. The van der Waals surface area contributed by atoms with Gasteiger partial charge in [0.05, 0.1) is 10.8 Å². The third kappa shape index (κ3) is 4.36. The van der Waals surface area contributed by atoms with E-state index in [1.54, 1.807) is 17.1 Å². The molecule has 1 aliphatic heterocycles. The van der Waals surface area contributed by atoms with Crippen molar-refractivity contribution in [3.8, 4) is 11.3 Å². The van der Waals surface area contributed by atoms with Crippen LogP contribution in [-0.4, -0.2) is 35.8 Å². The summed E-state index contributed by atoms with van der Waals surface area (Å²) in [6, 6.07) is 9.14. The number of nitrogen functional groups attached to an aromatic ring is 1. The van der Waals surface area contributed by atoms with E-state index in [1.165, 1.54) is 6.33 Å². The van der Waals surface area contributed by atoms with Gasteiger partial charge >= 0.3 is 5.63 Å². The molecule has 9 nitrogen and oxygen atoms in total. The Kier molecular flexibility index (Phi) is 5.88. The van der Waals surface area contributed by atoms with Crippen LogP contribution in [0.2, 0.25) is 0 Å². The van der Waals surface area contributed by atoms with Crippen LogP contribution in [0, 0.1) is 6.92 Å². The van der Waals surface area contributed by atoms with E-state index in [0.717, 1.165) is 34.1 Å². The van der Waals surface area contributed by atoms with Crippen molar-refractivity contribution in [1.29, 1.82) is 0 Å². The zero-order valence-corrected chi connectivity index (χ0v) is 23.6. The molecule has 6 rings (SSSR count). The minimum Gasteiger partial charge on any atom is -0.424 e. The molecule has 1 aliphatic rings. The fourth-order valence-electron chi connectivity index (χ4n) is 6.18. The molecule has 4 aromatic heterocycles. The normalized spacial score (nSPS) is 17.2. The summed E-state index contributed by atoms with van der Waals surface area (Å²) in [5.74, 6) is 0.851. The number of fused-ring (bicyclic) bond motifs is 2. The number of hydrogen-bond acceptors (Lipinski definition) is 8. The number of nitrogens with one attached hydrogen (secondary N) is 1. The van der Waals surface area contributed by atoms with Crippen LogP contribution in [0.1, 0.15) is 64.0 Å². The highest BCUT2D eigenvalue weighted by atomic mass is 16.4. The molecule has 9 heteroatoms. The highest BCUT2D eigenvalue weighted by Crippen LogP contribution is 2.41. The van der Waals surface area contributed by atoms with Gasteiger partial charge in [-0.05, 0) is 76.6 Å². The molecule has 0 bridgehead atoms. The Bertz CT molecular complexity index is 1880. The third-order valence-electron chi connectivity index (χ3n) is 7.43. The lowest BCUT2D eigenvalue weighted by atomic mass is 9.79. The van der Waals surface area contributed by atoms with E-state index in [-0.39, 0.29) is 16.7 Å². The summed E-state index contributed by atoms with van der Waals surface area (Å²) >= 11 is 0. The Morgan fingerprint density at radius 1 is 1.10 bits per heavy atom. The maximum absolute atomic E-state index is 13.3. The van der Waals surface area contributed by atoms with Crippen molar-refractivity contribution in [2.75, 3.05) is 5.73 Å².